The number of piperidine rings is 1. The van der Waals surface area contributed by atoms with Gasteiger partial charge in [-0.05, 0) is 24.1 Å². The molecule has 8 nitrogen and oxygen atoms in total. The third kappa shape index (κ3) is 3.82. The summed E-state index contributed by atoms with van der Waals surface area (Å²) in [4.78, 5) is 38.5. The van der Waals surface area contributed by atoms with Gasteiger partial charge < -0.3 is 10.4 Å². The maximum absolute atomic E-state index is 12.9. The van der Waals surface area contributed by atoms with Crippen LogP contribution >= 0.6 is 0 Å². The van der Waals surface area contributed by atoms with Gasteiger partial charge in [0.05, 0.1) is 10.9 Å². The van der Waals surface area contributed by atoms with E-state index in [9.17, 15) is 19.5 Å². The van der Waals surface area contributed by atoms with Gasteiger partial charge in [-0.2, -0.15) is 5.10 Å². The fraction of sp³-hybridized carbons (Fsp3) is 0.238. The molecule has 0 aliphatic carbocycles. The second-order valence-corrected chi connectivity index (χ2v) is 6.95. The Morgan fingerprint density at radius 2 is 1.93 bits per heavy atom. The first-order chi connectivity index (χ1) is 14.0. The number of rotatable bonds is 5. The highest BCUT2D eigenvalue weighted by molar-refractivity contribution is 6.02. The van der Waals surface area contributed by atoms with E-state index in [-0.39, 0.29) is 24.6 Å². The summed E-state index contributed by atoms with van der Waals surface area (Å²) >= 11 is 0. The number of likely N-dealkylation sites (tertiary alicyclic amines) is 1. The Kier molecular flexibility index (Phi) is 4.99. The van der Waals surface area contributed by atoms with E-state index in [1.54, 1.807) is 24.4 Å². The van der Waals surface area contributed by atoms with Gasteiger partial charge in [0.25, 0.3) is 5.91 Å². The van der Waals surface area contributed by atoms with Crippen LogP contribution < -0.4 is 5.32 Å². The summed E-state index contributed by atoms with van der Waals surface area (Å²) in [7, 11) is 0. The Bertz CT molecular complexity index is 1080. The monoisotopic (exact) mass is 392 g/mol. The van der Waals surface area contributed by atoms with Crippen LogP contribution in [-0.4, -0.2) is 44.1 Å². The van der Waals surface area contributed by atoms with E-state index in [0.717, 1.165) is 10.5 Å². The molecule has 1 saturated heterocycles. The molecule has 29 heavy (non-hydrogen) atoms. The summed E-state index contributed by atoms with van der Waals surface area (Å²) < 4.78 is 1.47. The van der Waals surface area contributed by atoms with Gasteiger partial charge in [-0.15, -0.1) is 0 Å². The van der Waals surface area contributed by atoms with Gasteiger partial charge in [-0.1, -0.05) is 36.4 Å². The summed E-state index contributed by atoms with van der Waals surface area (Å²) in [6.45, 7) is -0.00379. The van der Waals surface area contributed by atoms with Crippen LogP contribution in [0.1, 0.15) is 24.4 Å². The summed E-state index contributed by atoms with van der Waals surface area (Å²) in [6, 6.07) is 13.6. The first kappa shape index (κ1) is 18.7. The molecule has 0 bridgehead atoms. The minimum atomic E-state index is -0.693. The maximum atomic E-state index is 12.9. The average molecular weight is 392 g/mol. The van der Waals surface area contributed by atoms with Crippen molar-refractivity contribution in [3.63, 3.8) is 0 Å². The first-order valence-corrected chi connectivity index (χ1v) is 9.34. The molecular formula is C21H20N4O4. The van der Waals surface area contributed by atoms with E-state index in [2.05, 4.69) is 10.4 Å². The lowest BCUT2D eigenvalue weighted by Crippen LogP contribution is -2.50. The SMILES string of the molecule is O=C(CN1C(=O)CCC(n2cc3c(O)cccc3n2)C1=O)NCc1ccccc1. The predicted octanol–water partition coefficient (Wildman–Crippen LogP) is 1.75. The summed E-state index contributed by atoms with van der Waals surface area (Å²) in [5, 5.41) is 17.6. The highest BCUT2D eigenvalue weighted by Crippen LogP contribution is 2.28. The molecule has 0 radical (unpaired) electrons. The number of aromatic hydroxyl groups is 1. The number of benzene rings is 2. The van der Waals surface area contributed by atoms with Crippen molar-refractivity contribution >= 4 is 28.6 Å². The topological polar surface area (TPSA) is 105 Å². The van der Waals surface area contributed by atoms with Crippen LogP contribution in [0.2, 0.25) is 0 Å². The van der Waals surface area contributed by atoms with E-state index in [1.807, 2.05) is 30.3 Å². The van der Waals surface area contributed by atoms with Crippen molar-refractivity contribution in [3.8, 4) is 5.75 Å². The average Bonchev–Trinajstić information content (AvgIpc) is 3.16. The number of amides is 3. The molecule has 0 saturated carbocycles. The molecule has 1 fully saturated rings. The Balaban J connectivity index is 1.47. The number of carbonyl (C=O) groups excluding carboxylic acids is 3. The smallest absolute Gasteiger partial charge is 0.254 e. The summed E-state index contributed by atoms with van der Waals surface area (Å²) in [6.07, 6.45) is 2.04. The molecule has 0 spiro atoms. The van der Waals surface area contributed by atoms with Crippen molar-refractivity contribution < 1.29 is 19.5 Å². The van der Waals surface area contributed by atoms with Crippen LogP contribution in [-0.2, 0) is 20.9 Å². The Hall–Kier alpha value is -3.68. The summed E-state index contributed by atoms with van der Waals surface area (Å²) in [5.74, 6) is -1.17. The first-order valence-electron chi connectivity index (χ1n) is 9.34. The number of nitrogens with one attached hydrogen (secondary N) is 1. The number of phenols is 1. The van der Waals surface area contributed by atoms with Crippen LogP contribution in [0.4, 0.5) is 0 Å². The molecule has 2 aromatic carbocycles. The molecule has 1 atom stereocenters. The van der Waals surface area contributed by atoms with Crippen LogP contribution in [0, 0.1) is 0 Å². The van der Waals surface area contributed by atoms with Crippen molar-refractivity contribution in [2.24, 2.45) is 0 Å². The maximum Gasteiger partial charge on any atom is 0.254 e. The molecule has 1 aliphatic rings. The lowest BCUT2D eigenvalue weighted by atomic mass is 10.0. The predicted molar refractivity (Wildman–Crippen MR) is 105 cm³/mol. The lowest BCUT2D eigenvalue weighted by molar-refractivity contribution is -0.153. The second kappa shape index (κ2) is 7.75. The van der Waals surface area contributed by atoms with E-state index in [1.165, 1.54) is 4.68 Å². The minimum absolute atomic E-state index is 0.0743. The van der Waals surface area contributed by atoms with Gasteiger partial charge in [0, 0.05) is 19.2 Å². The lowest BCUT2D eigenvalue weighted by Gasteiger charge is -2.30. The largest absolute Gasteiger partial charge is 0.507 e. The molecule has 1 aromatic heterocycles. The molecule has 2 N–H and O–H groups in total. The number of fused-ring (bicyclic) bond motifs is 1. The fourth-order valence-electron chi connectivity index (χ4n) is 3.43. The van der Waals surface area contributed by atoms with Crippen molar-refractivity contribution in [1.82, 2.24) is 20.0 Å². The highest BCUT2D eigenvalue weighted by Gasteiger charge is 2.37. The summed E-state index contributed by atoms with van der Waals surface area (Å²) in [5.41, 5.74) is 1.49. The normalized spacial score (nSPS) is 17.0. The van der Waals surface area contributed by atoms with E-state index in [0.29, 0.717) is 23.9 Å². The zero-order valence-electron chi connectivity index (χ0n) is 15.6. The Labute approximate surface area is 166 Å². The molecule has 1 unspecified atom stereocenters. The molecule has 1 aliphatic heterocycles. The number of phenolic OH excluding ortho intramolecular Hbond substituents is 1. The number of carbonyl (C=O) groups is 3. The van der Waals surface area contributed by atoms with Crippen molar-refractivity contribution in [2.45, 2.75) is 25.4 Å². The Morgan fingerprint density at radius 1 is 1.14 bits per heavy atom. The molecule has 4 rings (SSSR count). The molecular weight excluding hydrogens is 372 g/mol. The van der Waals surface area contributed by atoms with Crippen molar-refractivity contribution in [3.05, 3.63) is 60.3 Å². The number of hydrogen-bond donors (Lipinski definition) is 2. The number of aromatic nitrogens is 2. The third-order valence-electron chi connectivity index (χ3n) is 4.98. The molecule has 3 aromatic rings. The zero-order valence-corrected chi connectivity index (χ0v) is 15.6. The fourth-order valence-corrected chi connectivity index (χ4v) is 3.43. The number of imide groups is 1. The van der Waals surface area contributed by atoms with E-state index >= 15 is 0 Å². The van der Waals surface area contributed by atoms with Crippen molar-refractivity contribution in [2.75, 3.05) is 6.54 Å². The van der Waals surface area contributed by atoms with E-state index in [4.69, 9.17) is 0 Å². The van der Waals surface area contributed by atoms with Crippen LogP contribution in [0.5, 0.6) is 5.75 Å². The van der Waals surface area contributed by atoms with Gasteiger partial charge in [0.15, 0.2) is 0 Å². The van der Waals surface area contributed by atoms with Gasteiger partial charge in [-0.3, -0.25) is 24.0 Å². The van der Waals surface area contributed by atoms with Gasteiger partial charge in [0.2, 0.25) is 11.8 Å². The van der Waals surface area contributed by atoms with Crippen LogP contribution in [0.25, 0.3) is 10.9 Å². The molecule has 3 amide bonds. The number of hydrogen-bond acceptors (Lipinski definition) is 5. The van der Waals surface area contributed by atoms with Crippen molar-refractivity contribution in [1.29, 1.82) is 0 Å². The van der Waals surface area contributed by atoms with Gasteiger partial charge in [0.1, 0.15) is 18.3 Å². The Morgan fingerprint density at radius 3 is 2.69 bits per heavy atom. The standard InChI is InChI=1S/C21H20N4O4/c26-18-8-4-7-16-15(18)12-25(23-16)17-9-10-20(28)24(21(17)29)13-19(27)22-11-14-5-2-1-3-6-14/h1-8,12,17,26H,9-11,13H2,(H,22,27). The molecule has 8 heteroatoms. The van der Waals surface area contributed by atoms with Gasteiger partial charge >= 0.3 is 0 Å². The molecule has 2 heterocycles. The quantitative estimate of drug-likeness (QED) is 0.644. The van der Waals surface area contributed by atoms with Crippen LogP contribution in [0.3, 0.4) is 0 Å². The number of nitrogens with zero attached hydrogens (tertiary/aromatic N) is 3. The zero-order chi connectivity index (χ0) is 20.4. The van der Waals surface area contributed by atoms with E-state index < -0.39 is 17.9 Å². The van der Waals surface area contributed by atoms with Gasteiger partial charge in [-0.25, -0.2) is 0 Å². The second-order valence-electron chi connectivity index (χ2n) is 6.95. The van der Waals surface area contributed by atoms with Crippen LogP contribution in [0.15, 0.2) is 54.7 Å². The highest BCUT2D eigenvalue weighted by atomic mass is 16.3. The minimum Gasteiger partial charge on any atom is -0.507 e. The molecule has 148 valence electrons. The third-order valence-corrected chi connectivity index (χ3v) is 4.98.